The van der Waals surface area contributed by atoms with Gasteiger partial charge in [-0.1, -0.05) is 41.9 Å². The summed E-state index contributed by atoms with van der Waals surface area (Å²) in [6, 6.07) is 13.1. The van der Waals surface area contributed by atoms with Gasteiger partial charge in [-0.3, -0.25) is 14.5 Å². The Morgan fingerprint density at radius 2 is 1.77 bits per heavy atom. The fourth-order valence-corrected chi connectivity index (χ4v) is 3.98. The average Bonchev–Trinajstić information content (AvgIpc) is 3.08. The maximum Gasteiger partial charge on any atom is 0.289 e. The minimum atomic E-state index is -0.119. The van der Waals surface area contributed by atoms with E-state index in [0.29, 0.717) is 42.6 Å². The normalized spacial score (nSPS) is 14.8. The Kier molecular flexibility index (Phi) is 5.79. The second-order valence-electron chi connectivity index (χ2n) is 7.60. The summed E-state index contributed by atoms with van der Waals surface area (Å²) in [6.45, 7) is 6.51. The molecule has 0 aliphatic carbocycles. The number of carbonyl (C=O) groups is 2. The Hall–Kier alpha value is -2.83. The van der Waals surface area contributed by atoms with Crippen molar-refractivity contribution in [3.8, 4) is 0 Å². The first-order valence-corrected chi connectivity index (χ1v) is 10.4. The van der Waals surface area contributed by atoms with Crippen LogP contribution in [0.2, 0.25) is 5.02 Å². The number of piperazine rings is 1. The number of halogens is 1. The molecule has 30 heavy (non-hydrogen) atoms. The van der Waals surface area contributed by atoms with Crippen LogP contribution in [0.5, 0.6) is 0 Å². The molecule has 4 rings (SSSR count). The van der Waals surface area contributed by atoms with E-state index in [-0.39, 0.29) is 18.4 Å². The molecule has 3 aromatic rings. The number of anilines is 1. The van der Waals surface area contributed by atoms with Crippen LogP contribution in [-0.2, 0) is 4.79 Å². The van der Waals surface area contributed by atoms with Crippen LogP contribution in [-0.4, -0.2) is 54.3 Å². The number of fused-ring (bicyclic) bond motifs is 1. The van der Waals surface area contributed by atoms with Crippen molar-refractivity contribution in [2.45, 2.75) is 13.8 Å². The summed E-state index contributed by atoms with van der Waals surface area (Å²) in [5, 5.41) is 4.33. The van der Waals surface area contributed by atoms with Crippen LogP contribution in [0, 0.1) is 13.8 Å². The van der Waals surface area contributed by atoms with Gasteiger partial charge in [0.15, 0.2) is 5.76 Å². The fourth-order valence-electron chi connectivity index (χ4n) is 3.80. The number of benzene rings is 2. The van der Waals surface area contributed by atoms with E-state index >= 15 is 0 Å². The first kappa shape index (κ1) is 20.4. The van der Waals surface area contributed by atoms with Gasteiger partial charge in [0.05, 0.1) is 17.3 Å². The lowest BCUT2D eigenvalue weighted by atomic mass is 10.1. The van der Waals surface area contributed by atoms with Gasteiger partial charge < -0.3 is 14.6 Å². The van der Waals surface area contributed by atoms with Crippen molar-refractivity contribution in [3.05, 3.63) is 64.4 Å². The van der Waals surface area contributed by atoms with E-state index in [1.54, 1.807) is 17.0 Å². The molecule has 2 aromatic carbocycles. The van der Waals surface area contributed by atoms with Crippen LogP contribution < -0.4 is 5.32 Å². The highest BCUT2D eigenvalue weighted by Crippen LogP contribution is 2.28. The molecule has 0 unspecified atom stereocenters. The monoisotopic (exact) mass is 425 g/mol. The van der Waals surface area contributed by atoms with Crippen LogP contribution in [0.3, 0.4) is 0 Å². The molecular weight excluding hydrogens is 402 g/mol. The lowest BCUT2D eigenvalue weighted by Crippen LogP contribution is -2.50. The van der Waals surface area contributed by atoms with Crippen molar-refractivity contribution < 1.29 is 14.0 Å². The van der Waals surface area contributed by atoms with E-state index in [4.69, 9.17) is 16.0 Å². The Bertz CT molecular complexity index is 1100. The van der Waals surface area contributed by atoms with Crippen LogP contribution in [0.25, 0.3) is 11.0 Å². The van der Waals surface area contributed by atoms with Gasteiger partial charge in [0.2, 0.25) is 5.91 Å². The molecule has 1 aliphatic rings. The van der Waals surface area contributed by atoms with Crippen molar-refractivity contribution in [1.82, 2.24) is 9.80 Å². The first-order valence-electron chi connectivity index (χ1n) is 9.99. The highest BCUT2D eigenvalue weighted by molar-refractivity contribution is 6.33. The minimum absolute atomic E-state index is 0.0942. The minimum Gasteiger partial charge on any atom is -0.450 e. The van der Waals surface area contributed by atoms with Gasteiger partial charge in [-0.05, 0) is 31.5 Å². The highest BCUT2D eigenvalue weighted by Gasteiger charge is 2.27. The maximum atomic E-state index is 13.0. The van der Waals surface area contributed by atoms with Crippen LogP contribution >= 0.6 is 11.6 Å². The zero-order valence-electron chi connectivity index (χ0n) is 17.1. The summed E-state index contributed by atoms with van der Waals surface area (Å²) >= 11 is 6.09. The number of amides is 2. The molecule has 1 N–H and O–H groups in total. The SMILES string of the molecule is Cc1c(C(=O)N2CCN(CC(=O)Nc3ccccc3Cl)CC2)oc2c(C)cccc12. The summed E-state index contributed by atoms with van der Waals surface area (Å²) in [4.78, 5) is 29.2. The molecule has 156 valence electrons. The second-order valence-corrected chi connectivity index (χ2v) is 8.01. The van der Waals surface area contributed by atoms with Gasteiger partial charge in [0, 0.05) is 37.1 Å². The van der Waals surface area contributed by atoms with E-state index in [2.05, 4.69) is 5.32 Å². The zero-order chi connectivity index (χ0) is 21.3. The van der Waals surface area contributed by atoms with Gasteiger partial charge in [0.25, 0.3) is 5.91 Å². The predicted molar refractivity (Wildman–Crippen MR) is 118 cm³/mol. The van der Waals surface area contributed by atoms with Crippen molar-refractivity contribution in [2.24, 2.45) is 0 Å². The van der Waals surface area contributed by atoms with E-state index < -0.39 is 0 Å². The molecule has 1 fully saturated rings. The summed E-state index contributed by atoms with van der Waals surface area (Å²) in [5.74, 6) is 0.193. The third kappa shape index (κ3) is 4.06. The zero-order valence-corrected chi connectivity index (χ0v) is 17.8. The molecule has 1 saturated heterocycles. The molecule has 1 aromatic heterocycles. The van der Waals surface area contributed by atoms with Gasteiger partial charge in [-0.25, -0.2) is 0 Å². The Morgan fingerprint density at radius 3 is 2.47 bits per heavy atom. The van der Waals surface area contributed by atoms with Crippen molar-refractivity contribution in [2.75, 3.05) is 38.0 Å². The molecule has 0 bridgehead atoms. The first-order chi connectivity index (χ1) is 14.4. The molecular formula is C23H24ClN3O3. The Morgan fingerprint density at radius 1 is 1.03 bits per heavy atom. The molecule has 6 nitrogen and oxygen atoms in total. The molecule has 0 saturated carbocycles. The van der Waals surface area contributed by atoms with Crippen molar-refractivity contribution in [1.29, 1.82) is 0 Å². The predicted octanol–water partition coefficient (Wildman–Crippen LogP) is 4.10. The molecule has 0 spiro atoms. The van der Waals surface area contributed by atoms with Gasteiger partial charge >= 0.3 is 0 Å². The summed E-state index contributed by atoms with van der Waals surface area (Å²) in [7, 11) is 0. The van der Waals surface area contributed by atoms with E-state index in [9.17, 15) is 9.59 Å². The third-order valence-corrected chi connectivity index (χ3v) is 5.86. The lowest BCUT2D eigenvalue weighted by Gasteiger charge is -2.34. The third-order valence-electron chi connectivity index (χ3n) is 5.53. The summed E-state index contributed by atoms with van der Waals surface area (Å²) < 4.78 is 5.93. The Labute approximate surface area is 180 Å². The lowest BCUT2D eigenvalue weighted by molar-refractivity contribution is -0.117. The van der Waals surface area contributed by atoms with Gasteiger partial charge in [-0.15, -0.1) is 0 Å². The topological polar surface area (TPSA) is 65.8 Å². The smallest absolute Gasteiger partial charge is 0.289 e. The molecule has 7 heteroatoms. The number of aryl methyl sites for hydroxylation is 2. The quantitative estimate of drug-likeness (QED) is 0.683. The largest absolute Gasteiger partial charge is 0.450 e. The number of rotatable bonds is 4. The van der Waals surface area contributed by atoms with Gasteiger partial charge in [-0.2, -0.15) is 0 Å². The molecule has 2 heterocycles. The molecule has 0 atom stereocenters. The van der Waals surface area contributed by atoms with Crippen molar-refractivity contribution in [3.63, 3.8) is 0 Å². The fraction of sp³-hybridized carbons (Fsp3) is 0.304. The summed E-state index contributed by atoms with van der Waals surface area (Å²) in [6.07, 6.45) is 0. The second kappa shape index (κ2) is 8.50. The molecule has 0 radical (unpaired) electrons. The van der Waals surface area contributed by atoms with Crippen molar-refractivity contribution >= 4 is 40.1 Å². The highest BCUT2D eigenvalue weighted by atomic mass is 35.5. The van der Waals surface area contributed by atoms with E-state index in [0.717, 1.165) is 22.1 Å². The maximum absolute atomic E-state index is 13.0. The Balaban J connectivity index is 1.36. The van der Waals surface area contributed by atoms with Crippen LogP contribution in [0.15, 0.2) is 46.9 Å². The molecule has 2 amide bonds. The average molecular weight is 426 g/mol. The number of hydrogen-bond donors (Lipinski definition) is 1. The number of hydrogen-bond acceptors (Lipinski definition) is 4. The number of carbonyl (C=O) groups excluding carboxylic acids is 2. The van der Waals surface area contributed by atoms with E-state index in [1.165, 1.54) is 0 Å². The number of para-hydroxylation sites is 2. The number of nitrogens with zero attached hydrogens (tertiary/aromatic N) is 2. The van der Waals surface area contributed by atoms with Gasteiger partial charge in [0.1, 0.15) is 5.58 Å². The number of nitrogens with one attached hydrogen (secondary N) is 1. The molecule has 1 aliphatic heterocycles. The van der Waals surface area contributed by atoms with Crippen LogP contribution in [0.1, 0.15) is 21.7 Å². The standard InChI is InChI=1S/C23H24ClN3O3/c1-15-6-5-7-17-16(2)22(30-21(15)17)23(29)27-12-10-26(11-13-27)14-20(28)25-19-9-4-3-8-18(19)24/h3-9H,10-14H2,1-2H3,(H,25,28). The summed E-state index contributed by atoms with van der Waals surface area (Å²) in [5.41, 5.74) is 3.27. The van der Waals surface area contributed by atoms with Crippen LogP contribution in [0.4, 0.5) is 5.69 Å². The van der Waals surface area contributed by atoms with E-state index in [1.807, 2.05) is 49.1 Å². The number of furan rings is 1.